The number of benzene rings is 1. The Morgan fingerprint density at radius 1 is 1.55 bits per heavy atom. The largest absolute Gasteiger partial charge is 0.480 e. The fourth-order valence-corrected chi connectivity index (χ4v) is 3.03. The van der Waals surface area contributed by atoms with Gasteiger partial charge in [-0.1, -0.05) is 36.2 Å². The summed E-state index contributed by atoms with van der Waals surface area (Å²) < 4.78 is 11.5. The molecule has 2 N–H and O–H groups in total. The van der Waals surface area contributed by atoms with Gasteiger partial charge in [0.15, 0.2) is 6.29 Å². The highest BCUT2D eigenvalue weighted by Gasteiger charge is 2.40. The first-order valence-electron chi connectivity index (χ1n) is 7.03. The lowest BCUT2D eigenvalue weighted by atomic mass is 9.97. The lowest BCUT2D eigenvalue weighted by Crippen LogP contribution is -2.46. The summed E-state index contributed by atoms with van der Waals surface area (Å²) in [5.74, 6) is -0.847. The van der Waals surface area contributed by atoms with Crippen LogP contribution in [0.4, 0.5) is 0 Å². The average molecular weight is 348 g/mol. The maximum atomic E-state index is 11.2. The maximum Gasteiger partial charge on any atom is 0.323 e. The molecule has 0 saturated carbocycles. The molecule has 0 aliphatic carbocycles. The predicted octanol–water partition coefficient (Wildman–Crippen LogP) is 2.93. The molecule has 122 valence electrons. The number of carboxylic acid groups (broad SMARTS) is 1. The van der Waals surface area contributed by atoms with Crippen LogP contribution in [-0.2, 0) is 20.9 Å². The molecule has 1 aromatic rings. The van der Waals surface area contributed by atoms with Gasteiger partial charge >= 0.3 is 5.97 Å². The molecule has 0 amide bonds. The fraction of sp³-hybridized carbons (Fsp3) is 0.533. The van der Waals surface area contributed by atoms with Crippen molar-refractivity contribution in [2.45, 2.75) is 38.4 Å². The number of likely N-dealkylation sites (N-methyl/N-ethyl adjacent to an activating group) is 1. The number of carboxylic acids is 1. The smallest absolute Gasteiger partial charge is 0.323 e. The summed E-state index contributed by atoms with van der Waals surface area (Å²) in [5, 5.41) is 13.1. The van der Waals surface area contributed by atoms with E-state index < -0.39 is 24.4 Å². The summed E-state index contributed by atoms with van der Waals surface area (Å²) in [6.45, 7) is 2.24. The van der Waals surface area contributed by atoms with E-state index >= 15 is 0 Å². The minimum Gasteiger partial charge on any atom is -0.480 e. The van der Waals surface area contributed by atoms with Crippen LogP contribution in [-0.4, -0.2) is 36.6 Å². The van der Waals surface area contributed by atoms with E-state index in [0.29, 0.717) is 16.5 Å². The molecule has 1 fully saturated rings. The average Bonchev–Trinajstić information content (AvgIpc) is 2.79. The summed E-state index contributed by atoms with van der Waals surface area (Å²) in [4.78, 5) is 11.2. The van der Waals surface area contributed by atoms with E-state index in [0.717, 1.165) is 5.56 Å². The van der Waals surface area contributed by atoms with Crippen molar-refractivity contribution in [2.24, 2.45) is 5.92 Å². The molecule has 0 spiro atoms. The van der Waals surface area contributed by atoms with Gasteiger partial charge in [0, 0.05) is 16.5 Å². The highest BCUT2D eigenvalue weighted by Crippen LogP contribution is 2.30. The summed E-state index contributed by atoms with van der Waals surface area (Å²) >= 11 is 11.9. The molecule has 1 aliphatic rings. The van der Waals surface area contributed by atoms with Gasteiger partial charge in [0.05, 0.1) is 12.7 Å². The maximum absolute atomic E-state index is 11.2. The molecule has 1 saturated heterocycles. The summed E-state index contributed by atoms with van der Waals surface area (Å²) in [6.07, 6.45) is -0.225. The molecular formula is C15H19Cl2NO4. The van der Waals surface area contributed by atoms with E-state index in [1.807, 2.05) is 6.92 Å². The fourth-order valence-electron chi connectivity index (χ4n) is 2.57. The minimum absolute atomic E-state index is 0.0826. The van der Waals surface area contributed by atoms with Gasteiger partial charge in [-0.15, -0.1) is 0 Å². The van der Waals surface area contributed by atoms with Crippen LogP contribution in [0.3, 0.4) is 0 Å². The van der Waals surface area contributed by atoms with Gasteiger partial charge in [-0.3, -0.25) is 4.79 Å². The third-order valence-electron chi connectivity index (χ3n) is 3.78. The summed E-state index contributed by atoms with van der Waals surface area (Å²) in [7, 11) is 1.61. The third kappa shape index (κ3) is 4.12. The van der Waals surface area contributed by atoms with Crippen LogP contribution >= 0.6 is 23.2 Å². The topological polar surface area (TPSA) is 67.8 Å². The molecule has 0 aromatic heterocycles. The van der Waals surface area contributed by atoms with Gasteiger partial charge in [-0.2, -0.15) is 0 Å². The van der Waals surface area contributed by atoms with Crippen LogP contribution in [0.1, 0.15) is 18.9 Å². The normalized spacial score (nSPS) is 26.1. The quantitative estimate of drug-likeness (QED) is 0.827. The highest BCUT2D eigenvalue weighted by atomic mass is 35.5. The van der Waals surface area contributed by atoms with Gasteiger partial charge in [-0.05, 0) is 30.7 Å². The number of hydrogen-bond donors (Lipinski definition) is 2. The molecule has 0 bridgehead atoms. The summed E-state index contributed by atoms with van der Waals surface area (Å²) in [5.41, 5.74) is 0.814. The Bertz CT molecular complexity index is 540. The van der Waals surface area contributed by atoms with Crippen molar-refractivity contribution in [1.29, 1.82) is 0 Å². The van der Waals surface area contributed by atoms with E-state index in [1.54, 1.807) is 25.2 Å². The number of ether oxygens (including phenoxy) is 2. The van der Waals surface area contributed by atoms with Crippen molar-refractivity contribution < 1.29 is 19.4 Å². The van der Waals surface area contributed by atoms with Gasteiger partial charge in [0.2, 0.25) is 0 Å². The molecule has 0 radical (unpaired) electrons. The van der Waals surface area contributed by atoms with E-state index in [1.165, 1.54) is 0 Å². The minimum atomic E-state index is -0.930. The molecule has 1 aromatic carbocycles. The van der Waals surface area contributed by atoms with E-state index in [2.05, 4.69) is 5.32 Å². The van der Waals surface area contributed by atoms with E-state index in [9.17, 15) is 9.90 Å². The zero-order chi connectivity index (χ0) is 16.3. The number of rotatable bonds is 6. The van der Waals surface area contributed by atoms with E-state index in [4.69, 9.17) is 32.7 Å². The van der Waals surface area contributed by atoms with E-state index in [-0.39, 0.29) is 12.5 Å². The molecule has 2 rings (SSSR count). The second-order valence-corrected chi connectivity index (χ2v) is 6.24. The second kappa shape index (κ2) is 7.62. The van der Waals surface area contributed by atoms with Crippen molar-refractivity contribution in [2.75, 3.05) is 7.05 Å². The number of nitrogens with one attached hydrogen (secondary N) is 1. The molecule has 7 heteroatoms. The van der Waals surface area contributed by atoms with Crippen LogP contribution in [0.2, 0.25) is 10.0 Å². The lowest BCUT2D eigenvalue weighted by Gasteiger charge is -2.22. The third-order valence-corrected chi connectivity index (χ3v) is 4.37. The first-order valence-corrected chi connectivity index (χ1v) is 7.79. The predicted molar refractivity (Wildman–Crippen MR) is 84.2 cm³/mol. The van der Waals surface area contributed by atoms with Crippen LogP contribution in [0.25, 0.3) is 0 Å². The molecule has 2 unspecified atom stereocenters. The van der Waals surface area contributed by atoms with Crippen LogP contribution in [0.15, 0.2) is 18.2 Å². The number of carbonyl (C=O) groups is 1. The van der Waals surface area contributed by atoms with Crippen LogP contribution in [0.5, 0.6) is 0 Å². The van der Waals surface area contributed by atoms with Crippen molar-refractivity contribution >= 4 is 29.2 Å². The molecular weight excluding hydrogens is 329 g/mol. The van der Waals surface area contributed by atoms with Gasteiger partial charge < -0.3 is 19.9 Å². The van der Waals surface area contributed by atoms with Gasteiger partial charge in [0.1, 0.15) is 6.04 Å². The number of halogens is 2. The molecule has 4 atom stereocenters. The van der Waals surface area contributed by atoms with Crippen molar-refractivity contribution in [3.05, 3.63) is 33.8 Å². The van der Waals surface area contributed by atoms with Gasteiger partial charge in [-0.25, -0.2) is 0 Å². The monoisotopic (exact) mass is 347 g/mol. The molecule has 1 aliphatic heterocycles. The Morgan fingerprint density at radius 2 is 2.27 bits per heavy atom. The Morgan fingerprint density at radius 3 is 2.86 bits per heavy atom. The zero-order valence-electron chi connectivity index (χ0n) is 12.4. The SMILES string of the molecule is CNC(C(=O)O)[C@@H]1OC(OCc2ccc(Cl)cc2Cl)C[C@H]1C. The summed E-state index contributed by atoms with van der Waals surface area (Å²) in [6, 6.07) is 4.45. The van der Waals surface area contributed by atoms with Crippen molar-refractivity contribution in [3.63, 3.8) is 0 Å². The first-order chi connectivity index (χ1) is 10.4. The molecule has 5 nitrogen and oxygen atoms in total. The van der Waals surface area contributed by atoms with Crippen LogP contribution in [0, 0.1) is 5.92 Å². The molecule has 22 heavy (non-hydrogen) atoms. The number of hydrogen-bond acceptors (Lipinski definition) is 4. The Labute approximate surface area is 139 Å². The Kier molecular flexibility index (Phi) is 6.06. The standard InChI is InChI=1S/C15H19Cl2NO4/c1-8-5-12(22-14(8)13(18-2)15(19)20)21-7-9-3-4-10(16)6-11(9)17/h3-4,6,8,12-14,18H,5,7H2,1-2H3,(H,19,20)/t8-,12?,13?,14-/m1/s1. The van der Waals surface area contributed by atoms with Crippen molar-refractivity contribution in [3.8, 4) is 0 Å². The zero-order valence-corrected chi connectivity index (χ0v) is 13.9. The highest BCUT2D eigenvalue weighted by molar-refractivity contribution is 6.35. The van der Waals surface area contributed by atoms with Gasteiger partial charge in [0.25, 0.3) is 0 Å². The Balaban J connectivity index is 1.94. The van der Waals surface area contributed by atoms with Crippen molar-refractivity contribution in [1.82, 2.24) is 5.32 Å². The lowest BCUT2D eigenvalue weighted by molar-refractivity contribution is -0.160. The number of aliphatic carboxylic acids is 1. The molecule has 1 heterocycles. The van der Waals surface area contributed by atoms with Crippen LogP contribution < -0.4 is 5.32 Å². The second-order valence-electron chi connectivity index (χ2n) is 5.39. The Hall–Kier alpha value is -0.850. The first kappa shape index (κ1) is 17.5.